The third kappa shape index (κ3) is 5.17. The van der Waals surface area contributed by atoms with Crippen molar-refractivity contribution in [1.29, 1.82) is 0 Å². The molecule has 0 saturated carbocycles. The van der Waals surface area contributed by atoms with Crippen molar-refractivity contribution < 1.29 is 14.3 Å². The highest BCUT2D eigenvalue weighted by Crippen LogP contribution is 2.36. The molecule has 0 aliphatic carbocycles. The average molecular weight is 384 g/mol. The van der Waals surface area contributed by atoms with Gasteiger partial charge in [0.15, 0.2) is 0 Å². The number of rotatable bonds is 7. The van der Waals surface area contributed by atoms with Gasteiger partial charge in [-0.3, -0.25) is 4.90 Å². The van der Waals surface area contributed by atoms with Crippen molar-refractivity contribution in [1.82, 2.24) is 9.80 Å². The van der Waals surface area contributed by atoms with E-state index in [4.69, 9.17) is 21.1 Å². The lowest BCUT2D eigenvalue weighted by Crippen LogP contribution is -2.50. The van der Waals surface area contributed by atoms with Gasteiger partial charge in [-0.15, -0.1) is 0 Å². The highest BCUT2D eigenvalue weighted by molar-refractivity contribution is 6.32. The second-order valence-electron chi connectivity index (χ2n) is 6.59. The third-order valence-corrected chi connectivity index (χ3v) is 5.34. The zero-order valence-corrected chi connectivity index (χ0v) is 16.9. The minimum atomic E-state index is -0.133. The molecule has 1 aliphatic rings. The van der Waals surface area contributed by atoms with Crippen molar-refractivity contribution in [3.8, 4) is 11.5 Å². The number of carbonyl (C=O) groups excluding carboxylic acids is 1. The van der Waals surface area contributed by atoms with E-state index < -0.39 is 0 Å². The zero-order chi connectivity index (χ0) is 19.1. The van der Waals surface area contributed by atoms with Gasteiger partial charge >= 0.3 is 6.03 Å². The van der Waals surface area contributed by atoms with E-state index in [1.807, 2.05) is 4.90 Å². The molecule has 1 fully saturated rings. The molecule has 0 spiro atoms. The van der Waals surface area contributed by atoms with E-state index in [2.05, 4.69) is 24.1 Å². The van der Waals surface area contributed by atoms with Gasteiger partial charge in [0.05, 0.1) is 24.9 Å². The molecule has 0 atom stereocenters. The van der Waals surface area contributed by atoms with E-state index in [0.717, 1.165) is 38.6 Å². The first kappa shape index (κ1) is 20.6. The van der Waals surface area contributed by atoms with Crippen LogP contribution >= 0.6 is 11.6 Å². The molecule has 1 aromatic carbocycles. The van der Waals surface area contributed by atoms with Gasteiger partial charge in [0.1, 0.15) is 11.5 Å². The summed E-state index contributed by atoms with van der Waals surface area (Å²) >= 11 is 6.17. The van der Waals surface area contributed by atoms with Crippen LogP contribution in [0.4, 0.5) is 10.5 Å². The van der Waals surface area contributed by atoms with Crippen LogP contribution in [-0.4, -0.2) is 62.8 Å². The molecular weight excluding hydrogens is 354 g/mol. The van der Waals surface area contributed by atoms with Crippen LogP contribution in [0, 0.1) is 5.92 Å². The molecule has 6 nitrogen and oxygen atoms in total. The first-order valence-electron chi connectivity index (χ1n) is 9.22. The molecule has 7 heteroatoms. The van der Waals surface area contributed by atoms with Crippen molar-refractivity contribution in [3.63, 3.8) is 0 Å². The molecule has 0 aromatic heterocycles. The molecule has 2 rings (SSSR count). The Bertz CT molecular complexity index is 600. The van der Waals surface area contributed by atoms with Crippen molar-refractivity contribution in [2.24, 2.45) is 5.92 Å². The molecule has 1 heterocycles. The SMILES string of the molecule is CCC(CC)CN1CCN(C(=O)Nc2cc(Cl)c(OC)cc2OC)CC1. The lowest BCUT2D eigenvalue weighted by Gasteiger charge is -2.36. The van der Waals surface area contributed by atoms with Gasteiger partial charge in [0, 0.05) is 38.8 Å². The summed E-state index contributed by atoms with van der Waals surface area (Å²) in [5.74, 6) is 1.77. The summed E-state index contributed by atoms with van der Waals surface area (Å²) in [6.07, 6.45) is 2.41. The summed E-state index contributed by atoms with van der Waals surface area (Å²) in [5.41, 5.74) is 0.544. The first-order valence-corrected chi connectivity index (χ1v) is 9.59. The zero-order valence-electron chi connectivity index (χ0n) is 16.2. The van der Waals surface area contributed by atoms with Gasteiger partial charge in [-0.25, -0.2) is 4.79 Å². The maximum atomic E-state index is 12.6. The molecule has 0 radical (unpaired) electrons. The number of hydrogen-bond acceptors (Lipinski definition) is 4. The smallest absolute Gasteiger partial charge is 0.322 e. The third-order valence-electron chi connectivity index (χ3n) is 5.05. The quantitative estimate of drug-likeness (QED) is 0.774. The maximum absolute atomic E-state index is 12.6. The fraction of sp³-hybridized carbons (Fsp3) is 0.632. The molecule has 1 saturated heterocycles. The standard InChI is InChI=1S/C19H30ClN3O3/c1-5-14(6-2)13-22-7-9-23(10-8-22)19(24)21-16-11-15(20)17(25-3)12-18(16)26-4/h11-12,14H,5-10,13H2,1-4H3,(H,21,24). The number of anilines is 1. The fourth-order valence-corrected chi connectivity index (χ4v) is 3.44. The maximum Gasteiger partial charge on any atom is 0.322 e. The molecule has 0 bridgehead atoms. The number of nitrogens with zero attached hydrogens (tertiary/aromatic N) is 2. The van der Waals surface area contributed by atoms with Crippen LogP contribution in [0.3, 0.4) is 0 Å². The lowest BCUT2D eigenvalue weighted by atomic mass is 10.0. The number of hydrogen-bond donors (Lipinski definition) is 1. The molecule has 1 aromatic rings. The minimum absolute atomic E-state index is 0.133. The molecule has 2 amide bonds. The predicted molar refractivity (Wildman–Crippen MR) is 106 cm³/mol. The normalized spacial score (nSPS) is 15.2. The van der Waals surface area contributed by atoms with Crippen molar-refractivity contribution >= 4 is 23.3 Å². The molecule has 146 valence electrons. The summed E-state index contributed by atoms with van der Waals surface area (Å²) in [6.45, 7) is 8.85. The Hall–Kier alpha value is -1.66. The van der Waals surface area contributed by atoms with Crippen LogP contribution < -0.4 is 14.8 Å². The van der Waals surface area contributed by atoms with E-state index in [1.54, 1.807) is 26.4 Å². The van der Waals surface area contributed by atoms with E-state index in [-0.39, 0.29) is 6.03 Å². The van der Waals surface area contributed by atoms with Gasteiger partial charge in [-0.1, -0.05) is 38.3 Å². The van der Waals surface area contributed by atoms with E-state index in [0.29, 0.717) is 22.2 Å². The fourth-order valence-electron chi connectivity index (χ4n) is 3.20. The summed E-state index contributed by atoms with van der Waals surface area (Å²) < 4.78 is 10.5. The number of halogens is 1. The monoisotopic (exact) mass is 383 g/mol. The number of benzene rings is 1. The molecule has 1 N–H and O–H groups in total. The van der Waals surface area contributed by atoms with Crippen molar-refractivity contribution in [2.45, 2.75) is 26.7 Å². The van der Waals surface area contributed by atoms with Crippen LogP contribution in [0.15, 0.2) is 12.1 Å². The van der Waals surface area contributed by atoms with E-state index in [9.17, 15) is 4.79 Å². The minimum Gasteiger partial charge on any atom is -0.495 e. The Morgan fingerprint density at radius 1 is 1.12 bits per heavy atom. The first-order chi connectivity index (χ1) is 12.5. The van der Waals surface area contributed by atoms with Crippen LogP contribution in [0.1, 0.15) is 26.7 Å². The molecular formula is C19H30ClN3O3. The Balaban J connectivity index is 1.94. The van der Waals surface area contributed by atoms with Gasteiger partial charge in [-0.05, 0) is 12.0 Å². The Labute approximate surface area is 161 Å². The number of carbonyl (C=O) groups is 1. The van der Waals surface area contributed by atoms with Crippen LogP contribution in [0.5, 0.6) is 11.5 Å². The van der Waals surface area contributed by atoms with Crippen molar-refractivity contribution in [2.75, 3.05) is 52.3 Å². The van der Waals surface area contributed by atoms with Crippen LogP contribution in [0.25, 0.3) is 0 Å². The van der Waals surface area contributed by atoms with E-state index in [1.165, 1.54) is 12.8 Å². The summed E-state index contributed by atoms with van der Waals surface area (Å²) in [4.78, 5) is 16.9. The predicted octanol–water partition coefficient (Wildman–Crippen LogP) is 3.94. The Morgan fingerprint density at radius 2 is 1.73 bits per heavy atom. The summed E-state index contributed by atoms with van der Waals surface area (Å²) in [5, 5.41) is 3.33. The summed E-state index contributed by atoms with van der Waals surface area (Å²) in [7, 11) is 3.09. The van der Waals surface area contributed by atoms with E-state index >= 15 is 0 Å². The number of methoxy groups -OCH3 is 2. The highest BCUT2D eigenvalue weighted by Gasteiger charge is 2.23. The number of piperazine rings is 1. The van der Waals surface area contributed by atoms with Crippen LogP contribution in [0.2, 0.25) is 5.02 Å². The van der Waals surface area contributed by atoms with Gasteiger partial charge in [-0.2, -0.15) is 0 Å². The molecule has 1 aliphatic heterocycles. The Kier molecular flexibility index (Phi) is 7.85. The topological polar surface area (TPSA) is 54.0 Å². The average Bonchev–Trinajstić information content (AvgIpc) is 2.66. The second kappa shape index (κ2) is 9.88. The molecule has 0 unspecified atom stereocenters. The Morgan fingerprint density at radius 3 is 2.27 bits per heavy atom. The lowest BCUT2D eigenvalue weighted by molar-refractivity contribution is 0.132. The van der Waals surface area contributed by atoms with Gasteiger partial charge < -0.3 is 19.7 Å². The van der Waals surface area contributed by atoms with Crippen LogP contribution in [-0.2, 0) is 0 Å². The molecule has 26 heavy (non-hydrogen) atoms. The highest BCUT2D eigenvalue weighted by atomic mass is 35.5. The number of urea groups is 1. The van der Waals surface area contributed by atoms with Gasteiger partial charge in [0.25, 0.3) is 0 Å². The number of nitrogens with one attached hydrogen (secondary N) is 1. The van der Waals surface area contributed by atoms with Crippen molar-refractivity contribution in [3.05, 3.63) is 17.2 Å². The summed E-state index contributed by atoms with van der Waals surface area (Å²) in [6, 6.07) is 3.19. The second-order valence-corrected chi connectivity index (χ2v) is 6.99. The number of amides is 2. The number of ether oxygens (including phenoxy) is 2. The van der Waals surface area contributed by atoms with Gasteiger partial charge in [0.2, 0.25) is 0 Å². The largest absolute Gasteiger partial charge is 0.495 e.